The molecule has 0 radical (unpaired) electrons. The Morgan fingerprint density at radius 2 is 1.77 bits per heavy atom. The molecule has 4 rings (SSSR count). The standard InChI is InChI=1S/C25H28F3N5O2/c26-25(27,28)16-29-23(34)19-10-13-22(33-15-21(31-32-33)24(35)30-20-11-12-20)18(14-19)9-5-4-8-17-6-2-1-3-7-17/h1-3,6-7,10,13-15,20,31-32H,4-5,8-9,11-12,16H2,(H,29,34)(H,30,35)/p+1. The Hall–Kier alpha value is -3.37. The molecule has 2 aliphatic rings. The van der Waals surface area contributed by atoms with E-state index in [9.17, 15) is 22.8 Å². The van der Waals surface area contributed by atoms with Crippen molar-refractivity contribution in [3.8, 4) is 0 Å². The molecule has 186 valence electrons. The van der Waals surface area contributed by atoms with E-state index in [0.29, 0.717) is 12.1 Å². The summed E-state index contributed by atoms with van der Waals surface area (Å²) in [6.45, 7) is -1.38. The highest BCUT2D eigenvalue weighted by molar-refractivity contribution is 5.95. The molecule has 0 unspecified atom stereocenters. The number of carbonyl (C=O) groups is 2. The SMILES string of the molecule is O=C(NC1CC1)C1=CN(c2ccc(C(=O)NCC(F)(F)F)cc2CCCCc2ccccc2)N[NH2+]1. The third kappa shape index (κ3) is 7.30. The molecule has 0 bridgehead atoms. The topological polar surface area (TPSA) is 90.1 Å². The number of rotatable bonds is 10. The van der Waals surface area contributed by atoms with Crippen molar-refractivity contribution in [1.29, 1.82) is 0 Å². The largest absolute Gasteiger partial charge is 0.405 e. The van der Waals surface area contributed by atoms with Gasteiger partial charge in [0, 0.05) is 11.6 Å². The van der Waals surface area contributed by atoms with Crippen LogP contribution in [0, 0.1) is 0 Å². The van der Waals surface area contributed by atoms with Gasteiger partial charge in [0.15, 0.2) is 0 Å². The van der Waals surface area contributed by atoms with Gasteiger partial charge in [0.2, 0.25) is 5.70 Å². The van der Waals surface area contributed by atoms with Crippen molar-refractivity contribution < 1.29 is 28.2 Å². The predicted molar refractivity (Wildman–Crippen MR) is 125 cm³/mol. The zero-order chi connectivity index (χ0) is 24.8. The number of carbonyl (C=O) groups excluding carboxylic acids is 2. The van der Waals surface area contributed by atoms with Crippen LogP contribution in [0.2, 0.25) is 0 Å². The minimum Gasteiger partial charge on any atom is -0.345 e. The number of anilines is 1. The lowest BCUT2D eigenvalue weighted by molar-refractivity contribution is -0.652. The third-order valence-electron chi connectivity index (χ3n) is 5.86. The van der Waals surface area contributed by atoms with Gasteiger partial charge in [-0.15, -0.1) is 0 Å². The van der Waals surface area contributed by atoms with Crippen LogP contribution in [0.3, 0.4) is 0 Å². The van der Waals surface area contributed by atoms with Gasteiger partial charge < -0.3 is 10.6 Å². The monoisotopic (exact) mass is 488 g/mol. The van der Waals surface area contributed by atoms with Crippen LogP contribution in [0.25, 0.3) is 0 Å². The van der Waals surface area contributed by atoms with Gasteiger partial charge in [-0.25, -0.2) is 10.4 Å². The number of hydrogen-bond acceptors (Lipinski definition) is 4. The van der Waals surface area contributed by atoms with Gasteiger partial charge in [-0.2, -0.15) is 13.2 Å². The van der Waals surface area contributed by atoms with E-state index in [1.165, 1.54) is 11.6 Å². The molecule has 7 nitrogen and oxygen atoms in total. The summed E-state index contributed by atoms with van der Waals surface area (Å²) in [6, 6.07) is 15.1. The molecule has 35 heavy (non-hydrogen) atoms. The Labute approximate surface area is 201 Å². The number of halogens is 3. The number of aryl methyl sites for hydroxylation is 2. The fourth-order valence-corrected chi connectivity index (χ4v) is 3.85. The summed E-state index contributed by atoms with van der Waals surface area (Å²) in [7, 11) is 0. The Bertz CT molecular complexity index is 1080. The highest BCUT2D eigenvalue weighted by atomic mass is 19.4. The Balaban J connectivity index is 1.47. The van der Waals surface area contributed by atoms with E-state index in [1.54, 1.807) is 28.8 Å². The van der Waals surface area contributed by atoms with E-state index in [0.717, 1.165) is 43.4 Å². The van der Waals surface area contributed by atoms with Crippen LogP contribution in [-0.4, -0.2) is 30.6 Å². The molecule has 2 aromatic rings. The second-order valence-electron chi connectivity index (χ2n) is 8.81. The van der Waals surface area contributed by atoms with E-state index < -0.39 is 18.6 Å². The van der Waals surface area contributed by atoms with Gasteiger partial charge in [-0.1, -0.05) is 35.9 Å². The molecule has 2 amide bonds. The van der Waals surface area contributed by atoms with Gasteiger partial charge in [0.05, 0.1) is 11.9 Å². The van der Waals surface area contributed by atoms with Crippen LogP contribution in [0.4, 0.5) is 18.9 Å². The van der Waals surface area contributed by atoms with Crippen molar-refractivity contribution in [2.75, 3.05) is 11.6 Å². The average Bonchev–Trinajstić information content (AvgIpc) is 3.51. The number of hydrazine groups is 1. The minimum atomic E-state index is -4.48. The van der Waals surface area contributed by atoms with Crippen molar-refractivity contribution in [3.05, 3.63) is 77.1 Å². The summed E-state index contributed by atoms with van der Waals surface area (Å²) in [6.07, 6.45) is 2.45. The van der Waals surface area contributed by atoms with Crippen LogP contribution in [0.15, 0.2) is 60.4 Å². The Morgan fingerprint density at radius 3 is 2.49 bits per heavy atom. The van der Waals surface area contributed by atoms with E-state index in [1.807, 2.05) is 23.5 Å². The first-order valence-corrected chi connectivity index (χ1v) is 11.7. The Morgan fingerprint density at radius 1 is 1.03 bits per heavy atom. The number of nitrogens with two attached hydrogens (primary N) is 1. The van der Waals surface area contributed by atoms with Gasteiger partial charge in [0.1, 0.15) is 6.54 Å². The number of quaternary nitrogens is 1. The number of nitrogens with zero attached hydrogens (tertiary/aromatic N) is 1. The van der Waals surface area contributed by atoms with E-state index in [-0.39, 0.29) is 17.5 Å². The third-order valence-corrected chi connectivity index (χ3v) is 5.86. The van der Waals surface area contributed by atoms with E-state index in [4.69, 9.17) is 0 Å². The zero-order valence-corrected chi connectivity index (χ0v) is 19.2. The molecule has 10 heteroatoms. The number of hydrogen-bond donors (Lipinski definition) is 4. The molecule has 1 heterocycles. The van der Waals surface area contributed by atoms with Crippen LogP contribution in [-0.2, 0) is 17.6 Å². The highest BCUT2D eigenvalue weighted by Gasteiger charge is 2.31. The maximum Gasteiger partial charge on any atom is 0.405 e. The molecule has 1 aliphatic carbocycles. The van der Waals surface area contributed by atoms with Gasteiger partial charge >= 0.3 is 12.1 Å². The summed E-state index contributed by atoms with van der Waals surface area (Å²) in [5, 5.41) is 6.57. The second kappa shape index (κ2) is 10.9. The summed E-state index contributed by atoms with van der Waals surface area (Å²) >= 11 is 0. The predicted octanol–water partition coefficient (Wildman–Crippen LogP) is 2.47. The maximum absolute atomic E-state index is 12.5. The van der Waals surface area contributed by atoms with Gasteiger partial charge in [0.25, 0.3) is 5.91 Å². The normalized spacial score (nSPS) is 15.6. The highest BCUT2D eigenvalue weighted by Crippen LogP contribution is 2.25. The minimum absolute atomic E-state index is 0.157. The van der Waals surface area contributed by atoms with Crippen molar-refractivity contribution in [3.63, 3.8) is 0 Å². The summed E-state index contributed by atoms with van der Waals surface area (Å²) < 4.78 is 37.6. The first kappa shape index (κ1) is 24.7. The maximum atomic E-state index is 12.5. The average molecular weight is 489 g/mol. The lowest BCUT2D eigenvalue weighted by Crippen LogP contribution is -2.92. The number of alkyl halides is 3. The number of unbranched alkanes of at least 4 members (excludes halogenated alkanes) is 1. The van der Waals surface area contributed by atoms with Crippen LogP contribution >= 0.6 is 0 Å². The number of benzene rings is 2. The summed E-state index contributed by atoms with van der Waals surface area (Å²) in [5.41, 5.74) is 8.09. The molecule has 1 aliphatic heterocycles. The fraction of sp³-hybridized carbons (Fsp3) is 0.360. The number of amides is 2. The molecular weight excluding hydrogens is 459 g/mol. The second-order valence-corrected chi connectivity index (χ2v) is 8.81. The quantitative estimate of drug-likeness (QED) is 0.306. The molecule has 0 saturated heterocycles. The van der Waals surface area contributed by atoms with Gasteiger partial charge in [-0.3, -0.25) is 9.59 Å². The van der Waals surface area contributed by atoms with E-state index >= 15 is 0 Å². The molecule has 0 atom stereocenters. The molecule has 0 spiro atoms. The molecule has 5 N–H and O–H groups in total. The number of nitrogens with one attached hydrogen (secondary N) is 3. The van der Waals surface area contributed by atoms with Crippen LogP contribution in [0.1, 0.15) is 47.2 Å². The van der Waals surface area contributed by atoms with Crippen molar-refractivity contribution in [2.45, 2.75) is 50.7 Å². The van der Waals surface area contributed by atoms with Gasteiger partial charge in [-0.05, 0) is 67.9 Å². The fourth-order valence-electron chi connectivity index (χ4n) is 3.85. The zero-order valence-electron chi connectivity index (χ0n) is 19.2. The van der Waals surface area contributed by atoms with Crippen molar-refractivity contribution in [2.24, 2.45) is 0 Å². The first-order valence-electron chi connectivity index (χ1n) is 11.7. The van der Waals surface area contributed by atoms with E-state index in [2.05, 4.69) is 23.0 Å². The van der Waals surface area contributed by atoms with Crippen LogP contribution < -0.4 is 26.6 Å². The van der Waals surface area contributed by atoms with Crippen LogP contribution in [0.5, 0.6) is 0 Å². The Kier molecular flexibility index (Phi) is 7.72. The lowest BCUT2D eigenvalue weighted by Gasteiger charge is -2.18. The van der Waals surface area contributed by atoms with Crippen molar-refractivity contribution >= 4 is 17.5 Å². The smallest absolute Gasteiger partial charge is 0.345 e. The molecule has 1 fully saturated rings. The molecule has 0 aromatic heterocycles. The summed E-state index contributed by atoms with van der Waals surface area (Å²) in [5.74, 6) is -0.935. The first-order chi connectivity index (χ1) is 16.8. The molecular formula is C25H29F3N5O2+. The lowest BCUT2D eigenvalue weighted by atomic mass is 10.00. The molecule has 2 aromatic carbocycles. The molecule has 1 saturated carbocycles. The van der Waals surface area contributed by atoms with Crippen molar-refractivity contribution in [1.82, 2.24) is 16.2 Å². The summed E-state index contributed by atoms with van der Waals surface area (Å²) in [4.78, 5) is 24.7.